The van der Waals surface area contributed by atoms with Gasteiger partial charge in [0.2, 0.25) is 0 Å². The quantitative estimate of drug-likeness (QED) is 0.866. The van der Waals surface area contributed by atoms with Gasteiger partial charge in [0.1, 0.15) is 0 Å². The molecule has 0 amide bonds. The Balaban J connectivity index is 2.15. The molecule has 0 saturated carbocycles. The number of nitrogens with zero attached hydrogens (tertiary/aromatic N) is 1. The van der Waals surface area contributed by atoms with Crippen LogP contribution in [0.1, 0.15) is 30.5 Å². The lowest BCUT2D eigenvalue weighted by atomic mass is 10.0. The van der Waals surface area contributed by atoms with E-state index in [2.05, 4.69) is 30.4 Å². The maximum absolute atomic E-state index is 8.79. The molecule has 18 heavy (non-hydrogen) atoms. The van der Waals surface area contributed by atoms with Crippen molar-refractivity contribution in [3.63, 3.8) is 0 Å². The van der Waals surface area contributed by atoms with E-state index >= 15 is 0 Å². The average molecular weight is 236 g/mol. The fourth-order valence-electron chi connectivity index (χ4n) is 1.95. The molecule has 90 valence electrons. The van der Waals surface area contributed by atoms with E-state index in [0.717, 1.165) is 12.1 Å². The molecule has 0 saturated heterocycles. The summed E-state index contributed by atoms with van der Waals surface area (Å²) in [5.74, 6) is 0. The summed E-state index contributed by atoms with van der Waals surface area (Å²) in [6.45, 7) is 2.15. The van der Waals surface area contributed by atoms with Gasteiger partial charge in [0.15, 0.2) is 0 Å². The van der Waals surface area contributed by atoms with Crippen molar-refractivity contribution in [3.8, 4) is 6.07 Å². The van der Waals surface area contributed by atoms with Crippen LogP contribution < -0.4 is 5.32 Å². The molecule has 0 fully saturated rings. The lowest BCUT2D eigenvalue weighted by molar-refractivity contribution is 0.749. The molecule has 0 heterocycles. The Morgan fingerprint density at radius 1 is 1.06 bits per heavy atom. The largest absolute Gasteiger partial charge is 0.378 e. The Labute approximate surface area is 108 Å². The van der Waals surface area contributed by atoms with E-state index in [9.17, 15) is 0 Å². The first-order valence-electron chi connectivity index (χ1n) is 6.15. The van der Waals surface area contributed by atoms with E-state index in [4.69, 9.17) is 5.26 Å². The number of anilines is 1. The Hall–Kier alpha value is -2.27. The molecule has 0 spiro atoms. The summed E-state index contributed by atoms with van der Waals surface area (Å²) in [4.78, 5) is 0. The fourth-order valence-corrected chi connectivity index (χ4v) is 1.95. The second-order valence-electron chi connectivity index (χ2n) is 4.21. The van der Waals surface area contributed by atoms with Crippen molar-refractivity contribution in [3.05, 3.63) is 65.7 Å². The van der Waals surface area contributed by atoms with Gasteiger partial charge in [-0.05, 0) is 36.2 Å². The summed E-state index contributed by atoms with van der Waals surface area (Å²) >= 11 is 0. The highest BCUT2D eigenvalue weighted by Crippen LogP contribution is 2.22. The molecule has 2 aromatic carbocycles. The SMILES string of the molecule is CCC(Nc1ccccc1)c1ccc(C#N)cc1. The number of para-hydroxylation sites is 1. The molecule has 0 aliphatic heterocycles. The lowest BCUT2D eigenvalue weighted by Crippen LogP contribution is -2.09. The van der Waals surface area contributed by atoms with Gasteiger partial charge in [0, 0.05) is 5.69 Å². The van der Waals surface area contributed by atoms with E-state index in [1.165, 1.54) is 5.56 Å². The van der Waals surface area contributed by atoms with Gasteiger partial charge >= 0.3 is 0 Å². The third-order valence-corrected chi connectivity index (χ3v) is 2.97. The average Bonchev–Trinajstić information content (AvgIpc) is 2.46. The molecule has 0 bridgehead atoms. The summed E-state index contributed by atoms with van der Waals surface area (Å²) < 4.78 is 0. The van der Waals surface area contributed by atoms with Crippen molar-refractivity contribution in [1.82, 2.24) is 0 Å². The minimum Gasteiger partial charge on any atom is -0.378 e. The number of nitrogens with one attached hydrogen (secondary N) is 1. The first-order valence-corrected chi connectivity index (χ1v) is 6.15. The van der Waals surface area contributed by atoms with Crippen LogP contribution in [0.5, 0.6) is 0 Å². The van der Waals surface area contributed by atoms with Crippen molar-refractivity contribution in [2.75, 3.05) is 5.32 Å². The van der Waals surface area contributed by atoms with E-state index in [1.807, 2.05) is 42.5 Å². The van der Waals surface area contributed by atoms with Crippen LogP contribution in [0.25, 0.3) is 0 Å². The first kappa shape index (κ1) is 12.2. The number of rotatable bonds is 4. The highest BCUT2D eigenvalue weighted by atomic mass is 14.9. The molecule has 2 rings (SSSR count). The maximum Gasteiger partial charge on any atom is 0.0991 e. The van der Waals surface area contributed by atoms with Crippen LogP contribution in [-0.2, 0) is 0 Å². The van der Waals surface area contributed by atoms with Crippen molar-refractivity contribution >= 4 is 5.69 Å². The Morgan fingerprint density at radius 2 is 1.72 bits per heavy atom. The Bertz CT molecular complexity index is 523. The van der Waals surface area contributed by atoms with Crippen molar-refractivity contribution in [2.24, 2.45) is 0 Å². The summed E-state index contributed by atoms with van der Waals surface area (Å²) in [6.07, 6.45) is 1.00. The molecular formula is C16H16N2. The molecule has 1 unspecified atom stereocenters. The zero-order chi connectivity index (χ0) is 12.8. The summed E-state index contributed by atoms with van der Waals surface area (Å²) in [5, 5.41) is 12.3. The van der Waals surface area contributed by atoms with Gasteiger partial charge in [-0.1, -0.05) is 37.3 Å². The van der Waals surface area contributed by atoms with Crippen LogP contribution in [0.3, 0.4) is 0 Å². The van der Waals surface area contributed by atoms with E-state index < -0.39 is 0 Å². The molecule has 0 aromatic heterocycles. The van der Waals surface area contributed by atoms with Crippen LogP contribution in [-0.4, -0.2) is 0 Å². The molecule has 2 heteroatoms. The highest BCUT2D eigenvalue weighted by Gasteiger charge is 2.08. The van der Waals surface area contributed by atoms with Gasteiger partial charge in [-0.25, -0.2) is 0 Å². The predicted molar refractivity (Wildman–Crippen MR) is 74.3 cm³/mol. The zero-order valence-electron chi connectivity index (χ0n) is 10.4. The number of hydrogen-bond acceptors (Lipinski definition) is 2. The molecular weight excluding hydrogens is 220 g/mol. The Morgan fingerprint density at radius 3 is 2.28 bits per heavy atom. The minimum atomic E-state index is 0.278. The van der Waals surface area contributed by atoms with Gasteiger partial charge in [0.05, 0.1) is 17.7 Å². The minimum absolute atomic E-state index is 0.278. The van der Waals surface area contributed by atoms with Gasteiger partial charge in [-0.2, -0.15) is 5.26 Å². The van der Waals surface area contributed by atoms with Crippen LogP contribution in [0.2, 0.25) is 0 Å². The third-order valence-electron chi connectivity index (χ3n) is 2.97. The summed E-state index contributed by atoms with van der Waals surface area (Å²) in [5.41, 5.74) is 3.03. The van der Waals surface area contributed by atoms with E-state index in [0.29, 0.717) is 5.56 Å². The van der Waals surface area contributed by atoms with Crippen LogP contribution in [0.15, 0.2) is 54.6 Å². The van der Waals surface area contributed by atoms with Gasteiger partial charge in [0.25, 0.3) is 0 Å². The number of benzene rings is 2. The summed E-state index contributed by atoms with van der Waals surface area (Å²) in [7, 11) is 0. The monoisotopic (exact) mass is 236 g/mol. The smallest absolute Gasteiger partial charge is 0.0991 e. The van der Waals surface area contributed by atoms with Crippen LogP contribution in [0, 0.1) is 11.3 Å². The normalized spacial score (nSPS) is 11.6. The van der Waals surface area contributed by atoms with Crippen LogP contribution >= 0.6 is 0 Å². The van der Waals surface area contributed by atoms with Crippen molar-refractivity contribution in [1.29, 1.82) is 5.26 Å². The second kappa shape index (κ2) is 5.88. The molecule has 0 aliphatic carbocycles. The fraction of sp³-hybridized carbons (Fsp3) is 0.188. The maximum atomic E-state index is 8.79. The molecule has 2 nitrogen and oxygen atoms in total. The third kappa shape index (κ3) is 2.89. The summed E-state index contributed by atoms with van der Waals surface area (Å²) in [6, 6.07) is 20.4. The number of nitriles is 1. The number of hydrogen-bond donors (Lipinski definition) is 1. The van der Waals surface area contributed by atoms with E-state index in [-0.39, 0.29) is 6.04 Å². The van der Waals surface area contributed by atoms with Gasteiger partial charge in [-0.3, -0.25) is 0 Å². The predicted octanol–water partition coefficient (Wildman–Crippen LogP) is 4.12. The molecule has 0 radical (unpaired) electrons. The lowest BCUT2D eigenvalue weighted by Gasteiger charge is -2.18. The molecule has 2 aromatic rings. The van der Waals surface area contributed by atoms with Gasteiger partial charge < -0.3 is 5.32 Å². The molecule has 1 atom stereocenters. The molecule has 1 N–H and O–H groups in total. The van der Waals surface area contributed by atoms with Gasteiger partial charge in [-0.15, -0.1) is 0 Å². The van der Waals surface area contributed by atoms with Crippen molar-refractivity contribution < 1.29 is 0 Å². The van der Waals surface area contributed by atoms with Crippen molar-refractivity contribution in [2.45, 2.75) is 19.4 Å². The van der Waals surface area contributed by atoms with E-state index in [1.54, 1.807) is 0 Å². The zero-order valence-corrected chi connectivity index (χ0v) is 10.4. The first-order chi connectivity index (χ1) is 8.83. The topological polar surface area (TPSA) is 35.8 Å². The standard InChI is InChI=1S/C16H16N2/c1-2-16(18-15-6-4-3-5-7-15)14-10-8-13(12-17)9-11-14/h3-11,16,18H,2H2,1H3. The molecule has 0 aliphatic rings. The highest BCUT2D eigenvalue weighted by molar-refractivity contribution is 5.45. The van der Waals surface area contributed by atoms with Crippen LogP contribution in [0.4, 0.5) is 5.69 Å². The second-order valence-corrected chi connectivity index (χ2v) is 4.21. The Kier molecular flexibility index (Phi) is 3.98.